The van der Waals surface area contributed by atoms with Crippen LogP contribution in [0.5, 0.6) is 0 Å². The molecular formula is C43H53NO14. The molecule has 15 heteroatoms. The summed E-state index contributed by atoms with van der Waals surface area (Å²) in [7, 11) is 0. The third-order valence-corrected chi connectivity index (χ3v) is 14.4. The topological polar surface area (TPSA) is 224 Å². The maximum atomic E-state index is 15.0. The number of benzene rings is 2. The number of ether oxygens (including phenoxy) is 5. The molecule has 7 rings (SSSR count). The molecule has 13 atom stereocenters. The van der Waals surface area contributed by atoms with Gasteiger partial charge < -0.3 is 49.4 Å². The van der Waals surface area contributed by atoms with Crippen molar-refractivity contribution in [3.8, 4) is 0 Å². The number of Topliss-reactive ketones (excluding diaryl/α,β-unsaturated/α-hetero) is 1. The molecular weight excluding hydrogens is 754 g/mol. The number of ketones is 1. The van der Waals surface area contributed by atoms with Gasteiger partial charge in [-0.25, -0.2) is 14.4 Å². The van der Waals surface area contributed by atoms with E-state index in [0.29, 0.717) is 5.56 Å². The predicted octanol–water partition coefficient (Wildman–Crippen LogP) is 2.95. The Morgan fingerprint density at radius 2 is 1.55 bits per heavy atom. The third kappa shape index (κ3) is 5.18. The number of nitrogens with one attached hydrogen (secondary N) is 1. The maximum Gasteiger partial charge on any atom is 0.408 e. The van der Waals surface area contributed by atoms with Gasteiger partial charge in [0.1, 0.15) is 35.6 Å². The van der Waals surface area contributed by atoms with Gasteiger partial charge in [0.2, 0.25) is 0 Å². The number of esters is 3. The molecule has 5 fully saturated rings. The summed E-state index contributed by atoms with van der Waals surface area (Å²) in [6, 6.07) is 14.7. The van der Waals surface area contributed by atoms with E-state index in [1.165, 1.54) is 26.0 Å². The second-order valence-corrected chi connectivity index (χ2v) is 18.3. The highest BCUT2D eigenvalue weighted by Gasteiger charge is 3.01. The average Bonchev–Trinajstić information content (AvgIpc) is 3.36. The summed E-state index contributed by atoms with van der Waals surface area (Å²) in [5.41, 5.74) is -12.4. The summed E-state index contributed by atoms with van der Waals surface area (Å²) in [5, 5.41) is 52.5. The first kappa shape index (κ1) is 41.7. The molecule has 5 aliphatic rings. The molecule has 2 aromatic rings. The minimum atomic E-state index is -2.28. The quantitative estimate of drug-likeness (QED) is 0.191. The van der Waals surface area contributed by atoms with Crippen LogP contribution < -0.4 is 5.32 Å². The number of hydrogen-bond donors (Lipinski definition) is 5. The van der Waals surface area contributed by atoms with Crippen molar-refractivity contribution in [1.29, 1.82) is 0 Å². The molecule has 0 radical (unpaired) electrons. The minimum absolute atomic E-state index is 0.0882. The van der Waals surface area contributed by atoms with E-state index in [1.54, 1.807) is 90.1 Å². The van der Waals surface area contributed by atoms with Gasteiger partial charge in [-0.3, -0.25) is 9.59 Å². The maximum absolute atomic E-state index is 15.0. The fourth-order valence-electron chi connectivity index (χ4n) is 12.2. The molecule has 4 aliphatic carbocycles. The summed E-state index contributed by atoms with van der Waals surface area (Å²) in [4.78, 5) is 69.7. The summed E-state index contributed by atoms with van der Waals surface area (Å²) in [6.07, 6.45) is -11.4. The fourth-order valence-corrected chi connectivity index (χ4v) is 12.2. The van der Waals surface area contributed by atoms with Crippen LogP contribution in [-0.4, -0.2) is 110 Å². The lowest BCUT2D eigenvalue weighted by atomic mass is 9.37. The van der Waals surface area contributed by atoms with E-state index in [4.69, 9.17) is 23.7 Å². The monoisotopic (exact) mass is 807 g/mol. The van der Waals surface area contributed by atoms with E-state index < -0.39 is 123 Å². The van der Waals surface area contributed by atoms with Crippen LogP contribution in [0.1, 0.15) is 90.2 Å². The Morgan fingerprint density at radius 1 is 0.948 bits per heavy atom. The van der Waals surface area contributed by atoms with Crippen LogP contribution in [0.2, 0.25) is 0 Å². The zero-order chi connectivity index (χ0) is 42.6. The Morgan fingerprint density at radius 3 is 2.10 bits per heavy atom. The molecule has 0 aromatic heterocycles. The van der Waals surface area contributed by atoms with E-state index in [0.717, 1.165) is 0 Å². The molecule has 1 saturated heterocycles. The molecule has 1 heterocycles. The van der Waals surface area contributed by atoms with Gasteiger partial charge in [0.15, 0.2) is 17.5 Å². The van der Waals surface area contributed by atoms with Crippen molar-refractivity contribution in [2.24, 2.45) is 27.6 Å². The second-order valence-electron chi connectivity index (χ2n) is 18.3. The number of amides is 1. The van der Waals surface area contributed by atoms with Crippen molar-refractivity contribution in [3.63, 3.8) is 0 Å². The number of fused-ring (bicyclic) bond motifs is 2. The lowest BCUT2D eigenvalue weighted by Crippen LogP contribution is -2.84. The highest BCUT2D eigenvalue weighted by molar-refractivity contribution is 5.97. The van der Waals surface area contributed by atoms with Crippen LogP contribution in [0.25, 0.3) is 0 Å². The van der Waals surface area contributed by atoms with Gasteiger partial charge in [-0.05, 0) is 45.4 Å². The van der Waals surface area contributed by atoms with Crippen molar-refractivity contribution in [1.82, 2.24) is 5.32 Å². The Labute approximate surface area is 336 Å². The van der Waals surface area contributed by atoms with Crippen molar-refractivity contribution < 1.29 is 68.1 Å². The van der Waals surface area contributed by atoms with E-state index in [9.17, 15) is 44.4 Å². The number of alkyl carbamates (subject to hydrolysis) is 1. The molecule has 1 amide bonds. The SMILES string of the molecule is CC(=O)O[C@@]12CO[C@@H]1C[C@H](O)[C@@]1(C)C(=O)[C@H](O)C34C(C)[C@@H](OC(=O)[C@H](O)[C@@H](NC(=O)OC(C)(C)C)c5ccccc5)C[C@@](O)([C@@H](OC(=O)c5ccccc5)C321)C4(C)C. The third-order valence-electron chi connectivity index (χ3n) is 14.4. The molecule has 5 N–H and O–H groups in total. The van der Waals surface area contributed by atoms with Gasteiger partial charge in [0.05, 0.1) is 35.1 Å². The Kier molecular flexibility index (Phi) is 9.76. The largest absolute Gasteiger partial charge is 0.460 e. The average molecular weight is 808 g/mol. The van der Waals surface area contributed by atoms with Crippen LogP contribution >= 0.6 is 0 Å². The fraction of sp³-hybridized carbons (Fsp3) is 0.605. The number of carbonyl (C=O) groups excluding carboxylic acids is 5. The number of carbonyl (C=O) groups is 5. The zero-order valence-electron chi connectivity index (χ0n) is 33.9. The first-order chi connectivity index (χ1) is 27.0. The standard InChI is InChI=1S/C43H53NO14/c1-22-26(55-34(51)30(47)29(24-15-11-9-12-16-24)44-36(52)58-37(3,4)5)20-40(53)35(56-33(50)25-17-13-10-14-18-25)43-39(8,31(48)32(49)42(22,43)38(40,6)7)27(46)19-28-41(43,21-54-28)57-23(2)45/h9-18,22,26-30,32,35,46-47,49,53H,19-21H2,1-8H3,(H,44,52)/t22?,26-,27-,28+,29-,30+,32-,35+,39-,40+,41-,42?,43?/m0/s1. The van der Waals surface area contributed by atoms with E-state index >= 15 is 0 Å². The molecule has 2 bridgehead atoms. The number of aliphatic hydroxyl groups is 4. The zero-order valence-corrected chi connectivity index (χ0v) is 33.9. The molecule has 314 valence electrons. The van der Waals surface area contributed by atoms with Gasteiger partial charge in [-0.15, -0.1) is 0 Å². The molecule has 3 unspecified atom stereocenters. The molecule has 2 spiro atoms. The number of rotatable bonds is 8. The van der Waals surface area contributed by atoms with Crippen LogP contribution in [0.15, 0.2) is 60.7 Å². The smallest absolute Gasteiger partial charge is 0.408 e. The molecule has 58 heavy (non-hydrogen) atoms. The lowest BCUT2D eigenvalue weighted by Gasteiger charge is -2.70. The van der Waals surface area contributed by atoms with Crippen LogP contribution in [0, 0.1) is 27.6 Å². The summed E-state index contributed by atoms with van der Waals surface area (Å²) < 4.78 is 30.3. The van der Waals surface area contributed by atoms with Crippen molar-refractivity contribution in [2.75, 3.05) is 6.61 Å². The molecule has 2 aromatic carbocycles. The molecule has 1 aliphatic heterocycles. The Balaban J connectivity index is 1.39. The highest BCUT2D eigenvalue weighted by atomic mass is 16.6. The molecule has 4 saturated carbocycles. The van der Waals surface area contributed by atoms with Crippen LogP contribution in [-0.2, 0) is 38.1 Å². The van der Waals surface area contributed by atoms with Gasteiger partial charge >= 0.3 is 24.0 Å². The number of hydrogen-bond acceptors (Lipinski definition) is 14. The summed E-state index contributed by atoms with van der Waals surface area (Å²) in [5.74, 6) is -4.88. The second kappa shape index (κ2) is 13.6. The Bertz CT molecular complexity index is 2000. The lowest BCUT2D eigenvalue weighted by molar-refractivity contribution is -0.387. The molecule has 15 nitrogen and oxygen atoms in total. The van der Waals surface area contributed by atoms with Crippen molar-refractivity contribution >= 4 is 29.8 Å². The van der Waals surface area contributed by atoms with Crippen LogP contribution in [0.3, 0.4) is 0 Å². The first-order valence-corrected chi connectivity index (χ1v) is 19.6. The van der Waals surface area contributed by atoms with Gasteiger partial charge in [-0.1, -0.05) is 69.3 Å². The number of aliphatic hydroxyl groups excluding tert-OH is 3. The van der Waals surface area contributed by atoms with Crippen molar-refractivity contribution in [2.45, 2.75) is 128 Å². The van der Waals surface area contributed by atoms with E-state index in [1.807, 2.05) is 0 Å². The van der Waals surface area contributed by atoms with Gasteiger partial charge in [0.25, 0.3) is 0 Å². The first-order valence-electron chi connectivity index (χ1n) is 19.6. The van der Waals surface area contributed by atoms with Gasteiger partial charge in [-0.2, -0.15) is 0 Å². The van der Waals surface area contributed by atoms with Crippen molar-refractivity contribution in [3.05, 3.63) is 71.8 Å². The summed E-state index contributed by atoms with van der Waals surface area (Å²) in [6.45, 7) is 12.1. The Hall–Kier alpha value is -4.41. The highest BCUT2D eigenvalue weighted by Crippen LogP contribution is 2.88. The van der Waals surface area contributed by atoms with Gasteiger partial charge in [0, 0.05) is 36.5 Å². The minimum Gasteiger partial charge on any atom is -0.460 e. The summed E-state index contributed by atoms with van der Waals surface area (Å²) >= 11 is 0. The van der Waals surface area contributed by atoms with Crippen LogP contribution in [0.4, 0.5) is 4.79 Å². The normalized spacial score (nSPS) is 39.1. The van der Waals surface area contributed by atoms with E-state index in [-0.39, 0.29) is 18.6 Å². The predicted molar refractivity (Wildman–Crippen MR) is 201 cm³/mol. The van der Waals surface area contributed by atoms with E-state index in [2.05, 4.69) is 5.32 Å².